The maximum absolute atomic E-state index is 11.9. The van der Waals surface area contributed by atoms with Crippen molar-refractivity contribution in [3.8, 4) is 10.7 Å². The second kappa shape index (κ2) is 5.69. The SMILES string of the molecule is CCCNC(=O)c1csc(-c2cc3ccccc3n2C)n1. The van der Waals surface area contributed by atoms with Crippen LogP contribution in [0.5, 0.6) is 0 Å². The first kappa shape index (κ1) is 13.8. The minimum absolute atomic E-state index is 0.0990. The standard InChI is InChI=1S/C16H17N3OS/c1-3-8-17-15(20)12-10-21-16(18-12)14-9-11-6-4-5-7-13(11)19(14)2/h4-7,9-10H,3,8H2,1-2H3,(H,17,20). The highest BCUT2D eigenvalue weighted by Crippen LogP contribution is 2.29. The number of carbonyl (C=O) groups excluding carboxylic acids is 1. The molecule has 0 aliphatic heterocycles. The molecule has 0 fully saturated rings. The van der Waals surface area contributed by atoms with Gasteiger partial charge in [0, 0.05) is 29.9 Å². The monoisotopic (exact) mass is 299 g/mol. The zero-order valence-electron chi connectivity index (χ0n) is 12.1. The zero-order valence-corrected chi connectivity index (χ0v) is 12.9. The summed E-state index contributed by atoms with van der Waals surface area (Å²) < 4.78 is 2.11. The van der Waals surface area contributed by atoms with Gasteiger partial charge in [-0.2, -0.15) is 0 Å². The molecule has 5 heteroatoms. The molecule has 0 spiro atoms. The van der Waals surface area contributed by atoms with Crippen LogP contribution in [0.4, 0.5) is 0 Å². The number of thiazole rings is 1. The van der Waals surface area contributed by atoms with Gasteiger partial charge in [-0.1, -0.05) is 25.1 Å². The third-order valence-corrected chi connectivity index (χ3v) is 4.31. The van der Waals surface area contributed by atoms with Crippen molar-refractivity contribution in [2.24, 2.45) is 7.05 Å². The Kier molecular flexibility index (Phi) is 3.75. The second-order valence-electron chi connectivity index (χ2n) is 4.94. The second-order valence-corrected chi connectivity index (χ2v) is 5.80. The first-order valence-corrected chi connectivity index (χ1v) is 7.87. The fourth-order valence-electron chi connectivity index (χ4n) is 2.32. The van der Waals surface area contributed by atoms with Gasteiger partial charge in [0.1, 0.15) is 10.7 Å². The van der Waals surface area contributed by atoms with Crippen molar-refractivity contribution in [2.45, 2.75) is 13.3 Å². The Labute approximate surface area is 127 Å². The molecule has 1 amide bonds. The molecule has 21 heavy (non-hydrogen) atoms. The quantitative estimate of drug-likeness (QED) is 0.802. The van der Waals surface area contributed by atoms with Crippen LogP contribution >= 0.6 is 11.3 Å². The van der Waals surface area contributed by atoms with Gasteiger partial charge < -0.3 is 9.88 Å². The zero-order chi connectivity index (χ0) is 14.8. The smallest absolute Gasteiger partial charge is 0.270 e. The fraction of sp³-hybridized carbons (Fsp3) is 0.250. The molecule has 2 aromatic heterocycles. The maximum Gasteiger partial charge on any atom is 0.270 e. The molecule has 0 unspecified atom stereocenters. The number of hydrogen-bond donors (Lipinski definition) is 1. The van der Waals surface area contributed by atoms with Crippen molar-refractivity contribution in [3.05, 3.63) is 41.4 Å². The first-order valence-electron chi connectivity index (χ1n) is 6.99. The van der Waals surface area contributed by atoms with E-state index in [1.54, 1.807) is 0 Å². The van der Waals surface area contributed by atoms with Gasteiger partial charge in [0.2, 0.25) is 0 Å². The number of nitrogens with one attached hydrogen (secondary N) is 1. The van der Waals surface area contributed by atoms with E-state index in [4.69, 9.17) is 0 Å². The van der Waals surface area contributed by atoms with E-state index < -0.39 is 0 Å². The largest absolute Gasteiger partial charge is 0.351 e. The van der Waals surface area contributed by atoms with E-state index in [0.29, 0.717) is 12.2 Å². The van der Waals surface area contributed by atoms with Gasteiger partial charge in [-0.05, 0) is 18.6 Å². The average molecular weight is 299 g/mol. The summed E-state index contributed by atoms with van der Waals surface area (Å²) in [5, 5.41) is 6.72. The number of amides is 1. The summed E-state index contributed by atoms with van der Waals surface area (Å²) in [5.41, 5.74) is 2.70. The number of para-hydroxylation sites is 1. The van der Waals surface area contributed by atoms with E-state index in [0.717, 1.165) is 17.1 Å². The van der Waals surface area contributed by atoms with E-state index in [-0.39, 0.29) is 5.91 Å². The molecule has 1 N–H and O–H groups in total. The van der Waals surface area contributed by atoms with Gasteiger partial charge in [-0.25, -0.2) is 4.98 Å². The van der Waals surface area contributed by atoms with Crippen molar-refractivity contribution >= 4 is 28.1 Å². The molecule has 108 valence electrons. The Morgan fingerprint density at radius 2 is 2.19 bits per heavy atom. The van der Waals surface area contributed by atoms with Crippen molar-refractivity contribution in [1.82, 2.24) is 14.9 Å². The van der Waals surface area contributed by atoms with Crippen molar-refractivity contribution in [2.75, 3.05) is 6.54 Å². The Hall–Kier alpha value is -2.14. The number of benzene rings is 1. The number of carbonyl (C=O) groups is 1. The predicted octanol–water partition coefficient (Wildman–Crippen LogP) is 3.44. The van der Waals surface area contributed by atoms with Gasteiger partial charge in [-0.15, -0.1) is 11.3 Å². The van der Waals surface area contributed by atoms with Gasteiger partial charge in [-0.3, -0.25) is 4.79 Å². The number of fused-ring (bicyclic) bond motifs is 1. The average Bonchev–Trinajstić information content (AvgIpc) is 3.10. The van der Waals surface area contributed by atoms with Crippen LogP contribution in [0, 0.1) is 0 Å². The highest BCUT2D eigenvalue weighted by molar-refractivity contribution is 7.13. The highest BCUT2D eigenvalue weighted by atomic mass is 32.1. The van der Waals surface area contributed by atoms with Crippen LogP contribution in [0.3, 0.4) is 0 Å². The lowest BCUT2D eigenvalue weighted by Gasteiger charge is -2.01. The van der Waals surface area contributed by atoms with E-state index >= 15 is 0 Å². The van der Waals surface area contributed by atoms with Crippen molar-refractivity contribution in [1.29, 1.82) is 0 Å². The van der Waals surface area contributed by atoms with Crippen LogP contribution < -0.4 is 5.32 Å². The third-order valence-electron chi connectivity index (χ3n) is 3.44. The molecule has 1 aromatic carbocycles. The lowest BCUT2D eigenvalue weighted by atomic mass is 10.2. The molecule has 3 rings (SSSR count). The van der Waals surface area contributed by atoms with Crippen LogP contribution in [0.2, 0.25) is 0 Å². The first-order chi connectivity index (χ1) is 10.2. The molecule has 2 heterocycles. The molecule has 0 radical (unpaired) electrons. The molecule has 0 saturated carbocycles. The van der Waals surface area contributed by atoms with Crippen molar-refractivity contribution < 1.29 is 4.79 Å². The summed E-state index contributed by atoms with van der Waals surface area (Å²) >= 11 is 1.50. The molecule has 0 aliphatic rings. The lowest BCUT2D eigenvalue weighted by Crippen LogP contribution is -2.24. The normalized spacial score (nSPS) is 11.0. The van der Waals surface area contributed by atoms with Gasteiger partial charge in [0.15, 0.2) is 0 Å². The van der Waals surface area contributed by atoms with E-state index in [9.17, 15) is 4.79 Å². The minimum atomic E-state index is -0.0990. The van der Waals surface area contributed by atoms with Gasteiger partial charge in [0.25, 0.3) is 5.91 Å². The predicted molar refractivity (Wildman–Crippen MR) is 86.7 cm³/mol. The van der Waals surface area contributed by atoms with E-state index in [1.165, 1.54) is 22.2 Å². The molecular weight excluding hydrogens is 282 g/mol. The fourth-order valence-corrected chi connectivity index (χ4v) is 3.17. The molecule has 0 saturated heterocycles. The van der Waals surface area contributed by atoms with Crippen LogP contribution in [-0.2, 0) is 7.05 Å². The number of aryl methyl sites for hydroxylation is 1. The molecular formula is C16H17N3OS. The number of nitrogens with zero attached hydrogens (tertiary/aromatic N) is 2. The van der Waals surface area contributed by atoms with Gasteiger partial charge >= 0.3 is 0 Å². The number of hydrogen-bond acceptors (Lipinski definition) is 3. The summed E-state index contributed by atoms with van der Waals surface area (Å²) in [7, 11) is 2.02. The summed E-state index contributed by atoms with van der Waals surface area (Å²) in [5.74, 6) is -0.0990. The molecule has 3 aromatic rings. The minimum Gasteiger partial charge on any atom is -0.351 e. The molecule has 4 nitrogen and oxygen atoms in total. The Morgan fingerprint density at radius 1 is 1.38 bits per heavy atom. The van der Waals surface area contributed by atoms with E-state index in [2.05, 4.69) is 33.1 Å². The Morgan fingerprint density at radius 3 is 2.95 bits per heavy atom. The molecule has 0 atom stereocenters. The number of aromatic nitrogens is 2. The van der Waals surface area contributed by atoms with Crippen LogP contribution in [0.1, 0.15) is 23.8 Å². The number of rotatable bonds is 4. The van der Waals surface area contributed by atoms with Crippen LogP contribution in [0.25, 0.3) is 21.6 Å². The highest BCUT2D eigenvalue weighted by Gasteiger charge is 2.14. The molecule has 0 bridgehead atoms. The van der Waals surface area contributed by atoms with Crippen molar-refractivity contribution in [3.63, 3.8) is 0 Å². The third kappa shape index (κ3) is 2.56. The maximum atomic E-state index is 11.9. The Bertz CT molecular complexity index is 788. The topological polar surface area (TPSA) is 46.9 Å². The van der Waals surface area contributed by atoms with Crippen LogP contribution in [-0.4, -0.2) is 22.0 Å². The van der Waals surface area contributed by atoms with Crippen LogP contribution in [0.15, 0.2) is 35.7 Å². The summed E-state index contributed by atoms with van der Waals surface area (Å²) in [6.45, 7) is 2.71. The summed E-state index contributed by atoms with van der Waals surface area (Å²) in [6.07, 6.45) is 0.923. The summed E-state index contributed by atoms with van der Waals surface area (Å²) in [6, 6.07) is 10.3. The molecule has 0 aliphatic carbocycles. The lowest BCUT2D eigenvalue weighted by molar-refractivity contribution is 0.0949. The summed E-state index contributed by atoms with van der Waals surface area (Å²) in [4.78, 5) is 16.4. The Balaban J connectivity index is 1.95. The van der Waals surface area contributed by atoms with E-state index in [1.807, 2.05) is 31.5 Å². The van der Waals surface area contributed by atoms with Gasteiger partial charge in [0.05, 0.1) is 5.69 Å².